The fraction of sp³-hybridized carbons (Fsp3) is 0.0741. The van der Waals surface area contributed by atoms with Gasteiger partial charge in [-0.1, -0.05) is 47.5 Å². The van der Waals surface area contributed by atoms with Crippen LogP contribution in [-0.4, -0.2) is 22.6 Å². The highest BCUT2D eigenvalue weighted by atomic mass is 35.5. The van der Waals surface area contributed by atoms with Gasteiger partial charge in [-0.05, 0) is 78.6 Å². The van der Waals surface area contributed by atoms with E-state index in [0.717, 1.165) is 21.9 Å². The number of oxazole rings is 1. The number of anilines is 1. The standard InChI is InChI=1S/C27H19Cl2N3O3S/c1-15-12-17(9-10-21(15)28)34-14-25(33)32-27(36)30-16-8-11-24-23(13-16)31-26(35-24)20-6-2-5-19-18(20)4-3-7-22(19)29/h2-13H,14H2,1H3,(H2,30,32,33,36). The van der Waals surface area contributed by atoms with Crippen LogP contribution < -0.4 is 15.4 Å². The van der Waals surface area contributed by atoms with E-state index < -0.39 is 0 Å². The van der Waals surface area contributed by atoms with Crippen molar-refractivity contribution in [3.63, 3.8) is 0 Å². The molecule has 6 nitrogen and oxygen atoms in total. The molecule has 1 heterocycles. The Bertz CT molecular complexity index is 1630. The summed E-state index contributed by atoms with van der Waals surface area (Å²) in [6, 6.07) is 22.1. The van der Waals surface area contributed by atoms with Crippen LogP contribution in [-0.2, 0) is 4.79 Å². The van der Waals surface area contributed by atoms with E-state index in [1.807, 2.05) is 43.3 Å². The lowest BCUT2D eigenvalue weighted by Crippen LogP contribution is -2.37. The second kappa shape index (κ2) is 10.1. The molecule has 0 unspecified atom stereocenters. The molecule has 1 aromatic heterocycles. The number of carbonyl (C=O) groups is 1. The van der Waals surface area contributed by atoms with Crippen LogP contribution in [0.3, 0.4) is 0 Å². The summed E-state index contributed by atoms with van der Waals surface area (Å²) < 4.78 is 11.5. The maximum absolute atomic E-state index is 12.2. The zero-order valence-electron chi connectivity index (χ0n) is 19.0. The molecule has 0 spiro atoms. The Morgan fingerprint density at radius 2 is 1.81 bits per heavy atom. The van der Waals surface area contributed by atoms with Crippen LogP contribution in [0.15, 0.2) is 77.2 Å². The Labute approximate surface area is 222 Å². The van der Waals surface area contributed by atoms with Crippen molar-refractivity contribution >= 4 is 74.0 Å². The Morgan fingerprint density at radius 1 is 1.00 bits per heavy atom. The third-order valence-electron chi connectivity index (χ3n) is 5.50. The number of hydrogen-bond donors (Lipinski definition) is 2. The molecule has 4 aromatic carbocycles. The summed E-state index contributed by atoms with van der Waals surface area (Å²) in [5.41, 5.74) is 3.63. The van der Waals surface area contributed by atoms with Crippen molar-refractivity contribution in [1.29, 1.82) is 0 Å². The van der Waals surface area contributed by atoms with Gasteiger partial charge in [0.2, 0.25) is 5.89 Å². The summed E-state index contributed by atoms with van der Waals surface area (Å²) in [5, 5.41) is 8.92. The number of halogens is 2. The SMILES string of the molecule is Cc1cc(OCC(=O)NC(=S)Nc2ccc3oc(-c4cccc5c(Cl)cccc45)nc3c2)ccc1Cl. The first kappa shape index (κ1) is 24.1. The molecule has 180 valence electrons. The normalized spacial score (nSPS) is 11.0. The Kier molecular flexibility index (Phi) is 6.78. The van der Waals surface area contributed by atoms with E-state index in [-0.39, 0.29) is 17.6 Å². The second-order valence-electron chi connectivity index (χ2n) is 8.04. The van der Waals surface area contributed by atoms with Gasteiger partial charge in [-0.3, -0.25) is 10.1 Å². The molecule has 2 N–H and O–H groups in total. The Hall–Kier alpha value is -3.65. The number of hydrogen-bond acceptors (Lipinski definition) is 5. The van der Waals surface area contributed by atoms with Crippen molar-refractivity contribution in [2.24, 2.45) is 0 Å². The number of aryl methyl sites for hydroxylation is 1. The highest BCUT2D eigenvalue weighted by molar-refractivity contribution is 7.80. The van der Waals surface area contributed by atoms with E-state index >= 15 is 0 Å². The first-order valence-electron chi connectivity index (χ1n) is 11.0. The first-order valence-corrected chi connectivity index (χ1v) is 12.1. The van der Waals surface area contributed by atoms with Gasteiger partial charge in [0, 0.05) is 26.7 Å². The van der Waals surface area contributed by atoms with Gasteiger partial charge in [-0.25, -0.2) is 4.98 Å². The minimum Gasteiger partial charge on any atom is -0.484 e. The van der Waals surface area contributed by atoms with Gasteiger partial charge in [0.25, 0.3) is 5.91 Å². The van der Waals surface area contributed by atoms with Gasteiger partial charge in [-0.15, -0.1) is 0 Å². The average molecular weight is 536 g/mol. The summed E-state index contributed by atoms with van der Waals surface area (Å²) in [6.45, 7) is 1.67. The van der Waals surface area contributed by atoms with Crippen LogP contribution in [0.5, 0.6) is 5.75 Å². The van der Waals surface area contributed by atoms with Crippen LogP contribution in [0.4, 0.5) is 5.69 Å². The minimum absolute atomic E-state index is 0.141. The quantitative estimate of drug-likeness (QED) is 0.232. The molecule has 0 aliphatic heterocycles. The molecule has 9 heteroatoms. The van der Waals surface area contributed by atoms with E-state index in [1.165, 1.54) is 0 Å². The number of amides is 1. The zero-order valence-corrected chi connectivity index (χ0v) is 21.3. The zero-order chi connectivity index (χ0) is 25.2. The molecular weight excluding hydrogens is 517 g/mol. The lowest BCUT2D eigenvalue weighted by Gasteiger charge is -2.11. The predicted molar refractivity (Wildman–Crippen MR) is 148 cm³/mol. The molecule has 0 saturated heterocycles. The fourth-order valence-corrected chi connectivity index (χ4v) is 4.35. The molecule has 5 rings (SSSR count). The van der Waals surface area contributed by atoms with Crippen LogP contribution in [0, 0.1) is 6.92 Å². The fourth-order valence-electron chi connectivity index (χ4n) is 3.76. The van der Waals surface area contributed by atoms with Gasteiger partial charge >= 0.3 is 0 Å². The Balaban J connectivity index is 1.26. The van der Waals surface area contributed by atoms with Crippen LogP contribution in [0.2, 0.25) is 10.0 Å². The predicted octanol–water partition coefficient (Wildman–Crippen LogP) is 7.16. The minimum atomic E-state index is -0.389. The maximum Gasteiger partial charge on any atom is 0.264 e. The van der Waals surface area contributed by atoms with Crippen LogP contribution in [0.25, 0.3) is 33.3 Å². The highest BCUT2D eigenvalue weighted by Crippen LogP contribution is 2.34. The lowest BCUT2D eigenvalue weighted by atomic mass is 10.0. The first-order chi connectivity index (χ1) is 17.4. The third kappa shape index (κ3) is 5.14. The molecule has 0 saturated carbocycles. The topological polar surface area (TPSA) is 76.4 Å². The van der Waals surface area contributed by atoms with Crippen molar-refractivity contribution in [2.45, 2.75) is 6.92 Å². The molecule has 0 aliphatic carbocycles. The van der Waals surface area contributed by atoms with Crippen molar-refractivity contribution in [3.05, 3.63) is 88.4 Å². The van der Waals surface area contributed by atoms with Crippen molar-refractivity contribution < 1.29 is 13.9 Å². The Morgan fingerprint density at radius 3 is 2.64 bits per heavy atom. The molecular formula is C27H19Cl2N3O3S. The maximum atomic E-state index is 12.2. The van der Waals surface area contributed by atoms with Crippen molar-refractivity contribution in [1.82, 2.24) is 10.3 Å². The van der Waals surface area contributed by atoms with E-state index in [9.17, 15) is 4.79 Å². The molecule has 0 fully saturated rings. The lowest BCUT2D eigenvalue weighted by molar-refractivity contribution is -0.121. The number of aromatic nitrogens is 1. The highest BCUT2D eigenvalue weighted by Gasteiger charge is 2.14. The van der Waals surface area contributed by atoms with E-state index in [2.05, 4.69) is 15.6 Å². The number of nitrogens with one attached hydrogen (secondary N) is 2. The smallest absolute Gasteiger partial charge is 0.264 e. The number of ether oxygens (including phenoxy) is 1. The molecule has 1 amide bonds. The monoisotopic (exact) mass is 535 g/mol. The molecule has 5 aromatic rings. The van der Waals surface area contributed by atoms with Gasteiger partial charge in [0.15, 0.2) is 17.3 Å². The van der Waals surface area contributed by atoms with Gasteiger partial charge in [0.05, 0.1) is 0 Å². The second-order valence-corrected chi connectivity index (χ2v) is 9.27. The summed E-state index contributed by atoms with van der Waals surface area (Å²) in [5.74, 6) is 0.645. The van der Waals surface area contributed by atoms with Crippen molar-refractivity contribution in [3.8, 4) is 17.2 Å². The van der Waals surface area contributed by atoms with E-state index in [0.29, 0.717) is 38.5 Å². The van der Waals surface area contributed by atoms with E-state index in [1.54, 1.807) is 36.4 Å². The average Bonchev–Trinajstić information content (AvgIpc) is 3.28. The number of rotatable bonds is 5. The number of carbonyl (C=O) groups excluding carboxylic acids is 1. The molecule has 0 radical (unpaired) electrons. The van der Waals surface area contributed by atoms with Crippen LogP contribution in [0.1, 0.15) is 5.56 Å². The number of fused-ring (bicyclic) bond motifs is 2. The summed E-state index contributed by atoms with van der Waals surface area (Å²) in [4.78, 5) is 16.9. The van der Waals surface area contributed by atoms with Gasteiger partial charge in [-0.2, -0.15) is 0 Å². The van der Waals surface area contributed by atoms with Gasteiger partial charge in [0.1, 0.15) is 11.3 Å². The summed E-state index contributed by atoms with van der Waals surface area (Å²) in [6.07, 6.45) is 0. The van der Waals surface area contributed by atoms with Gasteiger partial charge < -0.3 is 14.5 Å². The largest absolute Gasteiger partial charge is 0.484 e. The third-order valence-corrected chi connectivity index (χ3v) is 6.45. The molecule has 0 bridgehead atoms. The number of thiocarbonyl (C=S) groups is 1. The molecule has 0 atom stereocenters. The summed E-state index contributed by atoms with van der Waals surface area (Å²) in [7, 11) is 0. The summed E-state index contributed by atoms with van der Waals surface area (Å²) >= 11 is 17.6. The molecule has 36 heavy (non-hydrogen) atoms. The number of nitrogens with zero attached hydrogens (tertiary/aromatic N) is 1. The van der Waals surface area contributed by atoms with Crippen molar-refractivity contribution in [2.75, 3.05) is 11.9 Å². The molecule has 0 aliphatic rings. The van der Waals surface area contributed by atoms with Crippen LogP contribution >= 0.6 is 35.4 Å². The number of benzene rings is 4. The van der Waals surface area contributed by atoms with E-state index in [4.69, 9.17) is 44.6 Å².